The van der Waals surface area contributed by atoms with Crippen LogP contribution in [0.25, 0.3) is 0 Å². The Bertz CT molecular complexity index is 177. The summed E-state index contributed by atoms with van der Waals surface area (Å²) in [6.07, 6.45) is 0. The molecular formula is CCl2NaO5P2+2. The maximum absolute atomic E-state index is 10.4. The molecule has 1 aliphatic rings. The summed E-state index contributed by atoms with van der Waals surface area (Å²) in [5.41, 5.74) is 0. The number of hydrogen-bond donors (Lipinski definition) is 0. The third-order valence-corrected chi connectivity index (χ3v) is 3.11. The van der Waals surface area contributed by atoms with E-state index in [4.69, 9.17) is 23.2 Å². The molecule has 2 unspecified atom stereocenters. The van der Waals surface area contributed by atoms with E-state index in [9.17, 15) is 9.13 Å². The zero-order valence-electron chi connectivity index (χ0n) is 5.19. The summed E-state index contributed by atoms with van der Waals surface area (Å²) in [5, 5.41) is 0. The van der Waals surface area contributed by atoms with Gasteiger partial charge >= 0.3 is 21.2 Å². The van der Waals surface area contributed by atoms with Gasteiger partial charge in [0.05, 0.1) is 0 Å². The monoisotopic (exact) mass is 247 g/mol. The molecule has 1 fully saturated rings. The first-order valence-corrected chi connectivity index (χ1v) is 4.83. The van der Waals surface area contributed by atoms with Gasteiger partial charge in [-0.25, -0.2) is 0 Å². The van der Waals surface area contributed by atoms with E-state index >= 15 is 0 Å². The Morgan fingerprint density at radius 1 is 1.09 bits per heavy atom. The Hall–Kier alpha value is 1.66. The van der Waals surface area contributed by atoms with Crippen molar-refractivity contribution in [3.05, 3.63) is 0 Å². The van der Waals surface area contributed by atoms with Crippen LogP contribution in [0, 0.1) is 0 Å². The number of rotatable bonds is 0. The molecule has 1 saturated heterocycles. The van der Waals surface area contributed by atoms with Crippen LogP contribution in [0.5, 0.6) is 0 Å². The van der Waals surface area contributed by atoms with E-state index in [-0.39, 0.29) is 29.6 Å². The van der Waals surface area contributed by atoms with Crippen molar-refractivity contribution in [2.45, 2.75) is 4.71 Å². The summed E-state index contributed by atoms with van der Waals surface area (Å²) < 4.78 is 30.9. The second-order valence-corrected chi connectivity index (χ2v) is 4.28. The van der Waals surface area contributed by atoms with Crippen molar-refractivity contribution in [2.75, 3.05) is 0 Å². The molecule has 1 radical (unpaired) electrons. The maximum Gasteiger partial charge on any atom is 0.753 e. The van der Waals surface area contributed by atoms with Crippen molar-refractivity contribution in [1.82, 2.24) is 0 Å². The van der Waals surface area contributed by atoms with Crippen molar-refractivity contribution in [3.8, 4) is 0 Å². The van der Waals surface area contributed by atoms with E-state index < -0.39 is 21.2 Å². The average molecular weight is 248 g/mol. The van der Waals surface area contributed by atoms with Crippen molar-refractivity contribution >= 4 is 69.3 Å². The topological polar surface area (TPSA) is 61.8 Å². The Kier molecular flexibility index (Phi) is 5.49. The molecule has 0 bridgehead atoms. The largest absolute Gasteiger partial charge is 0.753 e. The van der Waals surface area contributed by atoms with Crippen molar-refractivity contribution in [2.24, 2.45) is 0 Å². The molecule has 2 atom stereocenters. The van der Waals surface area contributed by atoms with Crippen molar-refractivity contribution in [3.63, 3.8) is 0 Å². The van der Waals surface area contributed by atoms with E-state index in [0.29, 0.717) is 0 Å². The molecule has 0 spiro atoms. The molecule has 10 heteroatoms. The molecule has 1 aliphatic heterocycles. The first-order chi connectivity index (χ1) is 4.49. The second kappa shape index (κ2) is 4.77. The molecule has 5 nitrogen and oxygen atoms in total. The zero-order chi connectivity index (χ0) is 7.78. The van der Waals surface area contributed by atoms with Gasteiger partial charge in [0, 0.05) is 38.7 Å². The van der Waals surface area contributed by atoms with Crippen LogP contribution in [0.4, 0.5) is 0 Å². The summed E-state index contributed by atoms with van der Waals surface area (Å²) >= 11 is 10.3. The fraction of sp³-hybridized carbons (Fsp3) is 1.00. The number of halogens is 2. The van der Waals surface area contributed by atoms with Gasteiger partial charge in [0.2, 0.25) is 0 Å². The van der Waals surface area contributed by atoms with Gasteiger partial charge in [-0.15, -0.1) is 0 Å². The Labute approximate surface area is 95.9 Å². The fourth-order valence-corrected chi connectivity index (χ4v) is 2.14. The summed E-state index contributed by atoms with van der Waals surface area (Å²) in [4.78, 5) is 0. The molecule has 0 aliphatic carbocycles. The first kappa shape index (κ1) is 12.7. The Morgan fingerprint density at radius 3 is 1.73 bits per heavy atom. The summed E-state index contributed by atoms with van der Waals surface area (Å²) in [7, 11) is -5.08. The smallest absolute Gasteiger partial charge is 0.0403 e. The molecule has 0 aromatic carbocycles. The molecule has 1 rings (SSSR count). The van der Waals surface area contributed by atoms with Crippen LogP contribution in [-0.4, -0.2) is 34.3 Å². The third-order valence-electron chi connectivity index (χ3n) is 0.495. The zero-order valence-corrected chi connectivity index (χ0v) is 10.5. The molecule has 0 aromatic rings. The minimum absolute atomic E-state index is 0. The van der Waals surface area contributed by atoms with Crippen LogP contribution in [-0.2, 0) is 22.5 Å². The molecular weight excluding hydrogens is 248 g/mol. The van der Waals surface area contributed by atoms with Gasteiger partial charge in [-0.3, -0.25) is 0 Å². The van der Waals surface area contributed by atoms with Gasteiger partial charge in [0.15, 0.2) is 4.31 Å². The second-order valence-electron chi connectivity index (χ2n) is 1.17. The van der Waals surface area contributed by atoms with Crippen LogP contribution >= 0.6 is 39.7 Å². The molecule has 0 saturated carbocycles. The van der Waals surface area contributed by atoms with Gasteiger partial charge in [-0.1, -0.05) is 0 Å². The normalized spacial score (nSPS) is 29.3. The molecule has 0 amide bonds. The van der Waals surface area contributed by atoms with Crippen molar-refractivity contribution in [1.29, 1.82) is 0 Å². The Balaban J connectivity index is 0.000001000. The molecule has 11 heavy (non-hydrogen) atoms. The minimum atomic E-state index is -2.54. The predicted octanol–water partition coefficient (Wildman–Crippen LogP) is 2.07. The average Bonchev–Trinajstić information content (AvgIpc) is 1.54. The number of hydrogen-bond acceptors (Lipinski definition) is 5. The van der Waals surface area contributed by atoms with E-state index in [1.165, 1.54) is 0 Å². The fourth-order valence-electron chi connectivity index (χ4n) is 0.278. The quantitative estimate of drug-likeness (QED) is 0.373. The summed E-state index contributed by atoms with van der Waals surface area (Å²) in [6.45, 7) is 0. The van der Waals surface area contributed by atoms with Gasteiger partial charge in [-0.05, 0) is 32.2 Å². The van der Waals surface area contributed by atoms with Crippen LogP contribution in [0.3, 0.4) is 0 Å². The van der Waals surface area contributed by atoms with Crippen molar-refractivity contribution < 1.29 is 22.5 Å². The third kappa shape index (κ3) is 4.44. The van der Waals surface area contributed by atoms with Crippen LogP contribution < -0.4 is 0 Å². The number of alkyl halides is 2. The molecule has 0 aromatic heterocycles. The van der Waals surface area contributed by atoms with E-state index in [2.05, 4.69) is 13.4 Å². The molecule has 1 heterocycles. The predicted molar refractivity (Wildman–Crippen MR) is 38.7 cm³/mol. The van der Waals surface area contributed by atoms with Crippen LogP contribution in [0.15, 0.2) is 0 Å². The SMILES string of the molecule is O=[P+]1O[P+](=O)OC(Cl)(Cl)O1.[Na]. The van der Waals surface area contributed by atoms with Gasteiger partial charge in [0.1, 0.15) is 0 Å². The van der Waals surface area contributed by atoms with E-state index in [0.717, 1.165) is 0 Å². The minimum Gasteiger partial charge on any atom is -0.0403 e. The first-order valence-electron chi connectivity index (χ1n) is 1.88. The van der Waals surface area contributed by atoms with Gasteiger partial charge in [0.25, 0.3) is 0 Å². The van der Waals surface area contributed by atoms with Crippen LogP contribution in [0.1, 0.15) is 0 Å². The van der Waals surface area contributed by atoms with Gasteiger partial charge in [-0.2, -0.15) is 0 Å². The van der Waals surface area contributed by atoms with E-state index in [1.807, 2.05) is 0 Å². The van der Waals surface area contributed by atoms with Crippen LogP contribution in [0.2, 0.25) is 0 Å². The standard InChI is InChI=1S/CCl2O5P2.Na/c2-1(3)6-9(4)8-10(5)7-1;/q+2;. The maximum atomic E-state index is 10.4. The molecule has 57 valence electrons. The van der Waals surface area contributed by atoms with E-state index in [1.54, 1.807) is 0 Å². The Morgan fingerprint density at radius 2 is 1.45 bits per heavy atom. The molecule has 0 N–H and O–H groups in total. The summed E-state index contributed by atoms with van der Waals surface area (Å²) in [6, 6.07) is 0. The van der Waals surface area contributed by atoms with Gasteiger partial charge < -0.3 is 0 Å². The summed E-state index contributed by atoms with van der Waals surface area (Å²) in [5.74, 6) is 0.